The molecule has 0 fully saturated rings. The highest BCUT2D eigenvalue weighted by Gasteiger charge is 2.36. The number of hydrogen-bond acceptors (Lipinski definition) is 2. The topological polar surface area (TPSA) is 26.3 Å². The van der Waals surface area contributed by atoms with Crippen LogP contribution in [0.1, 0.15) is 30.6 Å². The van der Waals surface area contributed by atoms with Gasteiger partial charge in [0.05, 0.1) is 12.0 Å². The van der Waals surface area contributed by atoms with Gasteiger partial charge < -0.3 is 4.74 Å². The van der Waals surface area contributed by atoms with Crippen molar-refractivity contribution in [3.8, 4) is 5.75 Å². The summed E-state index contributed by atoms with van der Waals surface area (Å²) >= 11 is 0. The lowest BCUT2D eigenvalue weighted by molar-refractivity contribution is 0.0584. The van der Waals surface area contributed by atoms with Gasteiger partial charge in [-0.25, -0.2) is 8.78 Å². The summed E-state index contributed by atoms with van der Waals surface area (Å²) in [4.78, 5) is 11.6. The molecular formula is C11H10F2O2. The average molecular weight is 212 g/mol. The molecule has 0 atom stereocenters. The number of carbonyl (C=O) groups is 1. The number of ether oxygens (including phenoxy) is 1. The molecule has 0 aromatic heterocycles. The number of carbonyl (C=O) groups excluding carboxylic acids is 1. The Kier molecular flexibility index (Phi) is 2.03. The summed E-state index contributed by atoms with van der Waals surface area (Å²) in [5.41, 5.74) is -1.05. The lowest BCUT2D eigenvalue weighted by Gasteiger charge is -2.31. The van der Waals surface area contributed by atoms with Crippen molar-refractivity contribution in [1.82, 2.24) is 0 Å². The Hall–Kier alpha value is -1.45. The van der Waals surface area contributed by atoms with E-state index in [0.29, 0.717) is 0 Å². The Labute approximate surface area is 85.9 Å². The fourth-order valence-electron chi connectivity index (χ4n) is 1.68. The molecule has 1 heterocycles. The average Bonchev–Trinajstić information content (AvgIpc) is 2.09. The van der Waals surface area contributed by atoms with Gasteiger partial charge in [0, 0.05) is 0 Å². The molecule has 2 rings (SSSR count). The van der Waals surface area contributed by atoms with Gasteiger partial charge >= 0.3 is 0 Å². The predicted octanol–water partition coefficient (Wildman–Crippen LogP) is 2.71. The zero-order chi connectivity index (χ0) is 11.2. The molecule has 1 aromatic rings. The summed E-state index contributed by atoms with van der Waals surface area (Å²) in [6, 6.07) is 1.90. The second-order valence-electron chi connectivity index (χ2n) is 4.20. The Balaban J connectivity index is 2.64. The largest absolute Gasteiger partial charge is 0.483 e. The summed E-state index contributed by atoms with van der Waals surface area (Å²) in [5, 5.41) is 0. The van der Waals surface area contributed by atoms with E-state index in [-0.39, 0.29) is 17.7 Å². The second kappa shape index (κ2) is 3.02. The van der Waals surface area contributed by atoms with E-state index in [0.717, 1.165) is 12.1 Å². The fraction of sp³-hybridized carbons (Fsp3) is 0.364. The smallest absolute Gasteiger partial charge is 0.173 e. The highest BCUT2D eigenvalue weighted by atomic mass is 19.1. The molecule has 0 radical (unpaired) electrons. The van der Waals surface area contributed by atoms with E-state index in [9.17, 15) is 13.6 Å². The van der Waals surface area contributed by atoms with Crippen molar-refractivity contribution < 1.29 is 18.3 Å². The lowest BCUT2D eigenvalue weighted by atomic mass is 9.93. The second-order valence-corrected chi connectivity index (χ2v) is 4.20. The summed E-state index contributed by atoms with van der Waals surface area (Å²) < 4.78 is 31.9. The molecule has 2 nitrogen and oxygen atoms in total. The van der Waals surface area contributed by atoms with Crippen LogP contribution in [0.3, 0.4) is 0 Å². The highest BCUT2D eigenvalue weighted by Crippen LogP contribution is 2.36. The Morgan fingerprint density at radius 3 is 2.53 bits per heavy atom. The van der Waals surface area contributed by atoms with Crippen LogP contribution >= 0.6 is 0 Å². The van der Waals surface area contributed by atoms with Crippen LogP contribution in [0, 0.1) is 11.6 Å². The van der Waals surface area contributed by atoms with Crippen LogP contribution in [-0.2, 0) is 0 Å². The third-order valence-corrected chi connectivity index (χ3v) is 2.30. The van der Waals surface area contributed by atoms with Gasteiger partial charge in [0.1, 0.15) is 11.4 Å². The van der Waals surface area contributed by atoms with Gasteiger partial charge in [-0.15, -0.1) is 0 Å². The first-order valence-electron chi connectivity index (χ1n) is 4.61. The SMILES string of the molecule is CC1(C)CC(=O)c2c(F)ccc(F)c2O1. The van der Waals surface area contributed by atoms with Crippen molar-refractivity contribution in [2.75, 3.05) is 0 Å². The fourth-order valence-corrected chi connectivity index (χ4v) is 1.68. The third kappa shape index (κ3) is 1.60. The van der Waals surface area contributed by atoms with Crippen LogP contribution in [0.15, 0.2) is 12.1 Å². The maximum absolute atomic E-state index is 13.3. The van der Waals surface area contributed by atoms with Gasteiger partial charge in [0.15, 0.2) is 17.3 Å². The lowest BCUT2D eigenvalue weighted by Crippen LogP contribution is -2.36. The quantitative estimate of drug-likeness (QED) is 0.660. The molecule has 0 amide bonds. The van der Waals surface area contributed by atoms with E-state index in [1.54, 1.807) is 13.8 Å². The number of Topliss-reactive ketones (excluding diaryl/α,β-unsaturated/α-hetero) is 1. The first-order chi connectivity index (χ1) is 6.91. The molecule has 0 aliphatic carbocycles. The van der Waals surface area contributed by atoms with Gasteiger partial charge in [-0.05, 0) is 26.0 Å². The number of ketones is 1. The zero-order valence-electron chi connectivity index (χ0n) is 8.43. The van der Waals surface area contributed by atoms with E-state index < -0.39 is 23.0 Å². The van der Waals surface area contributed by atoms with Crippen LogP contribution in [0.2, 0.25) is 0 Å². The number of halogens is 2. The van der Waals surface area contributed by atoms with Crippen molar-refractivity contribution >= 4 is 5.78 Å². The number of hydrogen-bond donors (Lipinski definition) is 0. The van der Waals surface area contributed by atoms with Crippen molar-refractivity contribution in [2.24, 2.45) is 0 Å². The van der Waals surface area contributed by atoms with Crippen LogP contribution < -0.4 is 4.74 Å². The van der Waals surface area contributed by atoms with Gasteiger partial charge in [-0.1, -0.05) is 0 Å². The predicted molar refractivity (Wildman–Crippen MR) is 50.0 cm³/mol. The van der Waals surface area contributed by atoms with E-state index in [1.807, 2.05) is 0 Å². The summed E-state index contributed by atoms with van der Waals surface area (Å²) in [5.74, 6) is -2.12. The van der Waals surface area contributed by atoms with Crippen molar-refractivity contribution in [1.29, 1.82) is 0 Å². The molecule has 0 bridgehead atoms. The molecule has 0 spiro atoms. The maximum Gasteiger partial charge on any atom is 0.173 e. The molecule has 1 aliphatic rings. The van der Waals surface area contributed by atoms with Crippen molar-refractivity contribution in [3.63, 3.8) is 0 Å². The van der Waals surface area contributed by atoms with Crippen LogP contribution in [0.4, 0.5) is 8.78 Å². The zero-order valence-corrected chi connectivity index (χ0v) is 8.43. The Morgan fingerprint density at radius 1 is 1.27 bits per heavy atom. The molecule has 80 valence electrons. The number of benzene rings is 1. The van der Waals surface area contributed by atoms with E-state index in [4.69, 9.17) is 4.74 Å². The van der Waals surface area contributed by atoms with Crippen LogP contribution in [0.5, 0.6) is 5.75 Å². The monoisotopic (exact) mass is 212 g/mol. The summed E-state index contributed by atoms with van der Waals surface area (Å²) in [6.45, 7) is 3.33. The normalized spacial score (nSPS) is 18.3. The third-order valence-electron chi connectivity index (χ3n) is 2.30. The Morgan fingerprint density at radius 2 is 1.87 bits per heavy atom. The van der Waals surface area contributed by atoms with E-state index in [2.05, 4.69) is 0 Å². The van der Waals surface area contributed by atoms with Crippen LogP contribution in [0.25, 0.3) is 0 Å². The first kappa shape index (κ1) is 10.1. The molecule has 1 aliphatic heterocycles. The highest BCUT2D eigenvalue weighted by molar-refractivity contribution is 6.00. The molecule has 15 heavy (non-hydrogen) atoms. The maximum atomic E-state index is 13.3. The van der Waals surface area contributed by atoms with Gasteiger partial charge in [-0.2, -0.15) is 0 Å². The molecule has 0 N–H and O–H groups in total. The molecule has 0 saturated carbocycles. The Bertz CT molecular complexity index is 438. The van der Waals surface area contributed by atoms with Gasteiger partial charge in [-0.3, -0.25) is 4.79 Å². The molecule has 1 aromatic carbocycles. The minimum Gasteiger partial charge on any atom is -0.483 e. The summed E-state index contributed by atoms with van der Waals surface area (Å²) in [7, 11) is 0. The molecular weight excluding hydrogens is 202 g/mol. The molecule has 4 heteroatoms. The van der Waals surface area contributed by atoms with Crippen molar-refractivity contribution in [3.05, 3.63) is 29.3 Å². The van der Waals surface area contributed by atoms with Gasteiger partial charge in [0.25, 0.3) is 0 Å². The first-order valence-corrected chi connectivity index (χ1v) is 4.61. The van der Waals surface area contributed by atoms with E-state index in [1.165, 1.54) is 0 Å². The standard InChI is InChI=1S/C11H10F2O2/c1-11(2)5-8(14)9-6(12)3-4-7(13)10(9)15-11/h3-4H,5H2,1-2H3. The number of fused-ring (bicyclic) bond motifs is 1. The minimum atomic E-state index is -0.779. The van der Waals surface area contributed by atoms with Crippen LogP contribution in [-0.4, -0.2) is 11.4 Å². The molecule has 0 saturated heterocycles. The van der Waals surface area contributed by atoms with E-state index >= 15 is 0 Å². The van der Waals surface area contributed by atoms with Crippen molar-refractivity contribution in [2.45, 2.75) is 25.9 Å². The number of rotatable bonds is 0. The summed E-state index contributed by atoms with van der Waals surface area (Å²) in [6.07, 6.45) is 0.0559. The minimum absolute atomic E-state index is 0.0559. The molecule has 0 unspecified atom stereocenters. The van der Waals surface area contributed by atoms with Gasteiger partial charge in [0.2, 0.25) is 0 Å².